The molecule has 1 N–H and O–H groups in total. The molecule has 0 aliphatic carbocycles. The molecule has 2 aromatic rings. The van der Waals surface area contributed by atoms with Crippen molar-refractivity contribution >= 4 is 0 Å². The van der Waals surface area contributed by atoms with Gasteiger partial charge in [-0.25, -0.2) is 4.39 Å². The van der Waals surface area contributed by atoms with Crippen molar-refractivity contribution in [1.82, 2.24) is 5.32 Å². The Kier molecular flexibility index (Phi) is 4.06. The molecule has 2 nitrogen and oxygen atoms in total. The molecule has 2 aromatic carbocycles. The van der Waals surface area contributed by atoms with Gasteiger partial charge in [0.15, 0.2) is 0 Å². The molecule has 0 aliphatic heterocycles. The van der Waals surface area contributed by atoms with Gasteiger partial charge in [0, 0.05) is 13.1 Å². The molecular weight excluding hydrogens is 227 g/mol. The van der Waals surface area contributed by atoms with E-state index in [1.165, 1.54) is 12.1 Å². The lowest BCUT2D eigenvalue weighted by molar-refractivity contribution is 0.625. The van der Waals surface area contributed by atoms with E-state index in [4.69, 9.17) is 5.26 Å². The highest BCUT2D eigenvalue weighted by molar-refractivity contribution is 5.32. The van der Waals surface area contributed by atoms with E-state index in [0.29, 0.717) is 18.7 Å². The molecule has 0 bridgehead atoms. The highest BCUT2D eigenvalue weighted by atomic mass is 19.1. The van der Waals surface area contributed by atoms with Crippen LogP contribution < -0.4 is 5.32 Å². The van der Waals surface area contributed by atoms with Crippen molar-refractivity contribution in [2.24, 2.45) is 0 Å². The Morgan fingerprint density at radius 3 is 2.44 bits per heavy atom. The fraction of sp³-hybridized carbons (Fsp3) is 0.133. The van der Waals surface area contributed by atoms with Crippen LogP contribution in [-0.4, -0.2) is 0 Å². The van der Waals surface area contributed by atoms with Crippen LogP contribution in [0.1, 0.15) is 16.7 Å². The molecule has 0 atom stereocenters. The Bertz CT molecular complexity index is 555. The van der Waals surface area contributed by atoms with Gasteiger partial charge in [0.25, 0.3) is 0 Å². The van der Waals surface area contributed by atoms with Crippen LogP contribution in [-0.2, 0) is 13.1 Å². The van der Waals surface area contributed by atoms with Crippen LogP contribution in [0.3, 0.4) is 0 Å². The molecule has 2 rings (SSSR count). The average Bonchev–Trinajstić information content (AvgIpc) is 2.41. The minimum absolute atomic E-state index is 0.222. The number of halogens is 1. The summed E-state index contributed by atoms with van der Waals surface area (Å²) < 4.78 is 12.7. The molecule has 0 fully saturated rings. The lowest BCUT2D eigenvalue weighted by atomic mass is 10.1. The molecule has 0 aromatic heterocycles. The van der Waals surface area contributed by atoms with Crippen LogP contribution in [0.15, 0.2) is 48.5 Å². The number of hydrogen-bond donors (Lipinski definition) is 1. The molecule has 0 unspecified atom stereocenters. The summed E-state index contributed by atoms with van der Waals surface area (Å²) in [6.07, 6.45) is 0. The average molecular weight is 240 g/mol. The summed E-state index contributed by atoms with van der Waals surface area (Å²) in [5.41, 5.74) is 2.76. The topological polar surface area (TPSA) is 35.8 Å². The monoisotopic (exact) mass is 240 g/mol. The normalized spacial score (nSPS) is 10.0. The van der Waals surface area contributed by atoms with E-state index in [0.717, 1.165) is 11.1 Å². The SMILES string of the molecule is N#Cc1cccc(CNCc2ccc(F)cc2)c1. The van der Waals surface area contributed by atoms with Gasteiger partial charge in [-0.1, -0.05) is 24.3 Å². The predicted octanol–water partition coefficient (Wildman–Crippen LogP) is 2.99. The van der Waals surface area contributed by atoms with E-state index < -0.39 is 0 Å². The van der Waals surface area contributed by atoms with Crippen LogP contribution in [0.2, 0.25) is 0 Å². The standard InChI is InChI=1S/C15H13FN2/c16-15-6-4-12(5-7-15)10-18-11-14-3-1-2-13(8-14)9-17/h1-8,18H,10-11H2. The minimum Gasteiger partial charge on any atom is -0.309 e. The smallest absolute Gasteiger partial charge is 0.123 e. The molecular formula is C15H13FN2. The highest BCUT2D eigenvalue weighted by Gasteiger charge is 1.96. The first kappa shape index (κ1) is 12.3. The maximum atomic E-state index is 12.7. The summed E-state index contributed by atoms with van der Waals surface area (Å²) in [6, 6.07) is 16.0. The molecule has 0 amide bonds. The number of hydrogen-bond acceptors (Lipinski definition) is 2. The molecule has 90 valence electrons. The van der Waals surface area contributed by atoms with Gasteiger partial charge in [0.05, 0.1) is 11.6 Å². The fourth-order valence-electron chi connectivity index (χ4n) is 1.70. The van der Waals surface area contributed by atoms with Gasteiger partial charge in [-0.3, -0.25) is 0 Å². The molecule has 18 heavy (non-hydrogen) atoms. The van der Waals surface area contributed by atoms with Gasteiger partial charge in [-0.05, 0) is 35.4 Å². The summed E-state index contributed by atoms with van der Waals surface area (Å²) >= 11 is 0. The zero-order valence-corrected chi connectivity index (χ0v) is 9.86. The Morgan fingerprint density at radius 1 is 1.00 bits per heavy atom. The van der Waals surface area contributed by atoms with Gasteiger partial charge in [0.2, 0.25) is 0 Å². The van der Waals surface area contributed by atoms with Crippen LogP contribution >= 0.6 is 0 Å². The maximum absolute atomic E-state index is 12.7. The van der Waals surface area contributed by atoms with E-state index in [-0.39, 0.29) is 5.82 Å². The molecule has 0 spiro atoms. The lowest BCUT2D eigenvalue weighted by Gasteiger charge is -2.05. The van der Waals surface area contributed by atoms with Crippen molar-refractivity contribution in [1.29, 1.82) is 5.26 Å². The maximum Gasteiger partial charge on any atom is 0.123 e. The molecule has 0 aliphatic rings. The van der Waals surface area contributed by atoms with Gasteiger partial charge in [-0.2, -0.15) is 5.26 Å². The summed E-state index contributed by atoms with van der Waals surface area (Å²) in [4.78, 5) is 0. The van der Waals surface area contributed by atoms with Crippen molar-refractivity contribution in [2.45, 2.75) is 13.1 Å². The second-order valence-electron chi connectivity index (χ2n) is 4.04. The number of rotatable bonds is 4. The summed E-state index contributed by atoms with van der Waals surface area (Å²) in [7, 11) is 0. The minimum atomic E-state index is -0.222. The predicted molar refractivity (Wildman–Crippen MR) is 68.1 cm³/mol. The van der Waals surface area contributed by atoms with Crippen LogP contribution in [0.5, 0.6) is 0 Å². The third-order valence-electron chi connectivity index (χ3n) is 2.63. The van der Waals surface area contributed by atoms with Crippen molar-refractivity contribution in [3.63, 3.8) is 0 Å². The van der Waals surface area contributed by atoms with Gasteiger partial charge >= 0.3 is 0 Å². The number of nitriles is 1. The van der Waals surface area contributed by atoms with E-state index in [2.05, 4.69) is 11.4 Å². The van der Waals surface area contributed by atoms with Crippen LogP contribution in [0, 0.1) is 17.1 Å². The van der Waals surface area contributed by atoms with E-state index >= 15 is 0 Å². The molecule has 0 radical (unpaired) electrons. The van der Waals surface area contributed by atoms with Gasteiger partial charge in [0.1, 0.15) is 5.82 Å². The third kappa shape index (κ3) is 3.41. The molecule has 0 saturated carbocycles. The van der Waals surface area contributed by atoms with E-state index in [9.17, 15) is 4.39 Å². The Morgan fingerprint density at radius 2 is 1.72 bits per heavy atom. The first-order chi connectivity index (χ1) is 8.78. The van der Waals surface area contributed by atoms with Crippen LogP contribution in [0.25, 0.3) is 0 Å². The summed E-state index contributed by atoms with van der Waals surface area (Å²) in [6.45, 7) is 1.37. The summed E-state index contributed by atoms with van der Waals surface area (Å²) in [5, 5.41) is 12.0. The third-order valence-corrected chi connectivity index (χ3v) is 2.63. The zero-order chi connectivity index (χ0) is 12.8. The fourth-order valence-corrected chi connectivity index (χ4v) is 1.70. The second-order valence-corrected chi connectivity index (χ2v) is 4.04. The molecule has 0 saturated heterocycles. The largest absolute Gasteiger partial charge is 0.309 e. The van der Waals surface area contributed by atoms with Crippen molar-refractivity contribution < 1.29 is 4.39 Å². The van der Waals surface area contributed by atoms with Gasteiger partial charge < -0.3 is 5.32 Å². The lowest BCUT2D eigenvalue weighted by Crippen LogP contribution is -2.12. The molecule has 3 heteroatoms. The van der Waals surface area contributed by atoms with Crippen molar-refractivity contribution in [2.75, 3.05) is 0 Å². The quantitative estimate of drug-likeness (QED) is 0.891. The number of nitrogens with zero attached hydrogens (tertiary/aromatic N) is 1. The van der Waals surface area contributed by atoms with Crippen LogP contribution in [0.4, 0.5) is 4.39 Å². The first-order valence-corrected chi connectivity index (χ1v) is 5.72. The van der Waals surface area contributed by atoms with Crippen molar-refractivity contribution in [3.05, 3.63) is 71.0 Å². The first-order valence-electron chi connectivity index (χ1n) is 5.72. The van der Waals surface area contributed by atoms with Gasteiger partial charge in [-0.15, -0.1) is 0 Å². The van der Waals surface area contributed by atoms with Crippen molar-refractivity contribution in [3.8, 4) is 6.07 Å². The molecule has 0 heterocycles. The number of benzene rings is 2. The highest BCUT2D eigenvalue weighted by Crippen LogP contribution is 2.05. The Hall–Kier alpha value is -2.18. The van der Waals surface area contributed by atoms with E-state index in [1.807, 2.05) is 18.2 Å². The second kappa shape index (κ2) is 5.95. The Labute approximate surface area is 106 Å². The Balaban J connectivity index is 1.88. The zero-order valence-electron chi connectivity index (χ0n) is 9.86. The number of nitrogens with one attached hydrogen (secondary N) is 1. The van der Waals surface area contributed by atoms with E-state index in [1.54, 1.807) is 18.2 Å². The summed E-state index contributed by atoms with van der Waals surface area (Å²) in [5.74, 6) is -0.222.